The molecule has 1 aliphatic heterocycles. The first-order valence-electron chi connectivity index (χ1n) is 8.11. The van der Waals surface area contributed by atoms with Crippen molar-refractivity contribution in [3.63, 3.8) is 0 Å². The van der Waals surface area contributed by atoms with E-state index < -0.39 is 0 Å². The van der Waals surface area contributed by atoms with E-state index in [-0.39, 0.29) is 0 Å². The predicted octanol–water partition coefficient (Wildman–Crippen LogP) is 3.85. The SMILES string of the molecule is CCNC(CCN1CCCC(C)(C)C1)c1ccccc1. The van der Waals surface area contributed by atoms with Gasteiger partial charge in [-0.15, -0.1) is 0 Å². The number of likely N-dealkylation sites (tertiary alicyclic amines) is 1. The maximum atomic E-state index is 3.63. The van der Waals surface area contributed by atoms with Gasteiger partial charge in [0, 0.05) is 12.6 Å². The monoisotopic (exact) mass is 274 g/mol. The van der Waals surface area contributed by atoms with Crippen molar-refractivity contribution in [2.24, 2.45) is 5.41 Å². The first-order valence-corrected chi connectivity index (χ1v) is 8.11. The highest BCUT2D eigenvalue weighted by atomic mass is 15.1. The van der Waals surface area contributed by atoms with E-state index >= 15 is 0 Å². The highest BCUT2D eigenvalue weighted by Gasteiger charge is 2.26. The Hall–Kier alpha value is -0.860. The minimum atomic E-state index is 0.492. The van der Waals surface area contributed by atoms with Crippen molar-refractivity contribution in [2.45, 2.75) is 46.1 Å². The minimum Gasteiger partial charge on any atom is -0.310 e. The molecule has 1 aliphatic rings. The molecule has 1 saturated heterocycles. The number of nitrogens with one attached hydrogen (secondary N) is 1. The van der Waals surface area contributed by atoms with Gasteiger partial charge in [0.1, 0.15) is 0 Å². The third-order valence-corrected chi connectivity index (χ3v) is 4.37. The van der Waals surface area contributed by atoms with Gasteiger partial charge in [0.15, 0.2) is 0 Å². The van der Waals surface area contributed by atoms with Crippen LogP contribution in [-0.2, 0) is 0 Å². The van der Waals surface area contributed by atoms with Gasteiger partial charge in [0.25, 0.3) is 0 Å². The standard InChI is InChI=1S/C18H30N2/c1-4-19-17(16-9-6-5-7-10-16)11-14-20-13-8-12-18(2,3)15-20/h5-7,9-10,17,19H,4,8,11-15H2,1-3H3. The Kier molecular flexibility index (Phi) is 5.62. The number of hydrogen-bond donors (Lipinski definition) is 1. The van der Waals surface area contributed by atoms with Crippen molar-refractivity contribution >= 4 is 0 Å². The summed E-state index contributed by atoms with van der Waals surface area (Å²) >= 11 is 0. The third kappa shape index (κ3) is 4.60. The molecule has 0 radical (unpaired) electrons. The molecule has 1 atom stereocenters. The summed E-state index contributed by atoms with van der Waals surface area (Å²) in [6.07, 6.45) is 3.93. The molecule has 112 valence electrons. The van der Waals surface area contributed by atoms with Crippen LogP contribution in [0.5, 0.6) is 0 Å². The molecule has 20 heavy (non-hydrogen) atoms. The van der Waals surface area contributed by atoms with E-state index in [2.05, 4.69) is 61.3 Å². The molecule has 0 aliphatic carbocycles. The number of benzene rings is 1. The van der Waals surface area contributed by atoms with Crippen LogP contribution in [0.25, 0.3) is 0 Å². The van der Waals surface area contributed by atoms with Crippen LogP contribution >= 0.6 is 0 Å². The summed E-state index contributed by atoms with van der Waals surface area (Å²) < 4.78 is 0. The van der Waals surface area contributed by atoms with E-state index in [0.717, 1.165) is 6.54 Å². The molecular formula is C18H30N2. The first kappa shape index (κ1) is 15.5. The molecule has 0 amide bonds. The fourth-order valence-corrected chi connectivity index (χ4v) is 3.37. The van der Waals surface area contributed by atoms with Crippen molar-refractivity contribution in [2.75, 3.05) is 26.2 Å². The molecule has 1 unspecified atom stereocenters. The van der Waals surface area contributed by atoms with Gasteiger partial charge in [-0.25, -0.2) is 0 Å². The van der Waals surface area contributed by atoms with E-state index in [9.17, 15) is 0 Å². The Bertz CT molecular complexity index is 386. The second-order valence-corrected chi connectivity index (χ2v) is 6.85. The van der Waals surface area contributed by atoms with E-state index in [1.165, 1.54) is 44.5 Å². The largest absolute Gasteiger partial charge is 0.310 e. The van der Waals surface area contributed by atoms with Gasteiger partial charge in [-0.1, -0.05) is 51.1 Å². The van der Waals surface area contributed by atoms with Crippen LogP contribution in [0.2, 0.25) is 0 Å². The summed E-state index contributed by atoms with van der Waals surface area (Å²) in [7, 11) is 0. The summed E-state index contributed by atoms with van der Waals surface area (Å²) in [5.74, 6) is 0. The number of piperidine rings is 1. The normalized spacial score (nSPS) is 20.8. The summed E-state index contributed by atoms with van der Waals surface area (Å²) in [6, 6.07) is 11.4. The van der Waals surface area contributed by atoms with Crippen molar-refractivity contribution in [3.8, 4) is 0 Å². The number of hydrogen-bond acceptors (Lipinski definition) is 2. The molecule has 2 rings (SSSR count). The summed E-state index contributed by atoms with van der Waals surface area (Å²) in [6.45, 7) is 11.8. The number of nitrogens with zero attached hydrogens (tertiary/aromatic N) is 1. The van der Waals surface area contributed by atoms with E-state index in [1.54, 1.807) is 0 Å². The van der Waals surface area contributed by atoms with E-state index in [1.807, 2.05) is 0 Å². The second-order valence-electron chi connectivity index (χ2n) is 6.85. The molecule has 2 heteroatoms. The average Bonchev–Trinajstić information content (AvgIpc) is 2.43. The molecule has 1 aromatic rings. The molecule has 0 spiro atoms. The molecule has 0 aromatic heterocycles. The van der Waals surface area contributed by atoms with Crippen LogP contribution in [0.1, 0.15) is 51.6 Å². The molecule has 1 heterocycles. The van der Waals surface area contributed by atoms with Crippen LogP contribution in [0.15, 0.2) is 30.3 Å². The molecule has 0 saturated carbocycles. The van der Waals surface area contributed by atoms with Crippen molar-refractivity contribution in [1.29, 1.82) is 0 Å². The Morgan fingerprint density at radius 2 is 2.00 bits per heavy atom. The third-order valence-electron chi connectivity index (χ3n) is 4.37. The second kappa shape index (κ2) is 7.24. The molecule has 2 nitrogen and oxygen atoms in total. The van der Waals surface area contributed by atoms with Crippen LogP contribution in [0, 0.1) is 5.41 Å². The Morgan fingerprint density at radius 3 is 2.65 bits per heavy atom. The number of rotatable bonds is 6. The van der Waals surface area contributed by atoms with Crippen LogP contribution in [0.4, 0.5) is 0 Å². The predicted molar refractivity (Wildman–Crippen MR) is 86.9 cm³/mol. The van der Waals surface area contributed by atoms with Crippen LogP contribution < -0.4 is 5.32 Å². The Morgan fingerprint density at radius 1 is 1.25 bits per heavy atom. The Balaban J connectivity index is 1.89. The molecule has 0 bridgehead atoms. The maximum Gasteiger partial charge on any atom is 0.0332 e. The van der Waals surface area contributed by atoms with E-state index in [4.69, 9.17) is 0 Å². The molecule has 1 fully saturated rings. The summed E-state index contributed by atoms with van der Waals surface area (Å²) in [5, 5.41) is 3.63. The van der Waals surface area contributed by atoms with Gasteiger partial charge >= 0.3 is 0 Å². The smallest absolute Gasteiger partial charge is 0.0332 e. The van der Waals surface area contributed by atoms with Crippen LogP contribution in [-0.4, -0.2) is 31.1 Å². The van der Waals surface area contributed by atoms with Gasteiger partial charge in [-0.3, -0.25) is 0 Å². The topological polar surface area (TPSA) is 15.3 Å². The highest BCUT2D eigenvalue weighted by molar-refractivity contribution is 5.18. The molecular weight excluding hydrogens is 244 g/mol. The van der Waals surface area contributed by atoms with Crippen molar-refractivity contribution in [3.05, 3.63) is 35.9 Å². The van der Waals surface area contributed by atoms with Crippen molar-refractivity contribution < 1.29 is 0 Å². The lowest BCUT2D eigenvalue weighted by molar-refractivity contribution is 0.113. The van der Waals surface area contributed by atoms with Gasteiger partial charge < -0.3 is 10.2 Å². The fraction of sp³-hybridized carbons (Fsp3) is 0.667. The van der Waals surface area contributed by atoms with E-state index in [0.29, 0.717) is 11.5 Å². The van der Waals surface area contributed by atoms with Crippen molar-refractivity contribution in [1.82, 2.24) is 10.2 Å². The Labute approximate surface area is 124 Å². The lowest BCUT2D eigenvalue weighted by atomic mass is 9.84. The minimum absolute atomic E-state index is 0.492. The molecule has 1 N–H and O–H groups in total. The quantitative estimate of drug-likeness (QED) is 0.847. The maximum absolute atomic E-state index is 3.63. The zero-order valence-corrected chi connectivity index (χ0v) is 13.4. The zero-order valence-electron chi connectivity index (χ0n) is 13.4. The summed E-state index contributed by atoms with van der Waals surface area (Å²) in [4.78, 5) is 2.65. The zero-order chi connectivity index (χ0) is 14.4. The fourth-order valence-electron chi connectivity index (χ4n) is 3.37. The summed E-state index contributed by atoms with van der Waals surface area (Å²) in [5.41, 5.74) is 1.92. The lowest BCUT2D eigenvalue weighted by Gasteiger charge is -2.38. The van der Waals surface area contributed by atoms with Crippen LogP contribution in [0.3, 0.4) is 0 Å². The average molecular weight is 274 g/mol. The van der Waals surface area contributed by atoms with Gasteiger partial charge in [-0.05, 0) is 49.9 Å². The lowest BCUT2D eigenvalue weighted by Crippen LogP contribution is -2.41. The molecule has 1 aromatic carbocycles. The van der Waals surface area contributed by atoms with Gasteiger partial charge in [0.2, 0.25) is 0 Å². The van der Waals surface area contributed by atoms with Gasteiger partial charge in [-0.2, -0.15) is 0 Å². The highest BCUT2D eigenvalue weighted by Crippen LogP contribution is 2.29. The first-order chi connectivity index (χ1) is 9.61. The van der Waals surface area contributed by atoms with Gasteiger partial charge in [0.05, 0.1) is 0 Å².